The highest BCUT2D eigenvalue weighted by atomic mass is 16.3. The number of hydrogen-bond donors (Lipinski definition) is 1. The van der Waals surface area contributed by atoms with Crippen LogP contribution in [0.4, 0.5) is 0 Å². The lowest BCUT2D eigenvalue weighted by molar-refractivity contribution is 0.146. The zero-order valence-electron chi connectivity index (χ0n) is 9.14. The van der Waals surface area contributed by atoms with E-state index < -0.39 is 6.10 Å². The van der Waals surface area contributed by atoms with Crippen LogP contribution in [0, 0.1) is 5.92 Å². The summed E-state index contributed by atoms with van der Waals surface area (Å²) in [7, 11) is 0. The first-order valence-electron chi connectivity index (χ1n) is 5.21. The molecule has 1 heterocycles. The normalized spacial score (nSPS) is 13.5. The zero-order chi connectivity index (χ0) is 10.6. The number of nitrogens with zero attached hydrogens (tertiary/aromatic N) is 3. The summed E-state index contributed by atoms with van der Waals surface area (Å²) in [4.78, 5) is 0. The van der Waals surface area contributed by atoms with E-state index in [-0.39, 0.29) is 0 Å². The quantitative estimate of drug-likeness (QED) is 0.782. The monoisotopic (exact) mass is 197 g/mol. The van der Waals surface area contributed by atoms with Crippen molar-refractivity contribution in [2.24, 2.45) is 5.92 Å². The van der Waals surface area contributed by atoms with E-state index >= 15 is 0 Å². The number of aliphatic hydroxyl groups is 1. The largest absolute Gasteiger partial charge is 0.387 e. The van der Waals surface area contributed by atoms with Crippen LogP contribution in [0.25, 0.3) is 0 Å². The van der Waals surface area contributed by atoms with Gasteiger partial charge in [0.05, 0.1) is 12.3 Å². The van der Waals surface area contributed by atoms with E-state index in [1.54, 1.807) is 4.68 Å². The number of hydrogen-bond acceptors (Lipinski definition) is 3. The highest BCUT2D eigenvalue weighted by Crippen LogP contribution is 2.18. The number of aryl methyl sites for hydroxylation is 1. The number of aliphatic hydroxyl groups excluding tert-OH is 1. The molecule has 0 aliphatic carbocycles. The molecule has 80 valence electrons. The molecule has 14 heavy (non-hydrogen) atoms. The van der Waals surface area contributed by atoms with Crippen LogP contribution < -0.4 is 0 Å². The van der Waals surface area contributed by atoms with Crippen molar-refractivity contribution in [2.45, 2.75) is 46.3 Å². The molecule has 1 atom stereocenters. The Kier molecular flexibility index (Phi) is 4.07. The maximum absolute atomic E-state index is 9.76. The van der Waals surface area contributed by atoms with Gasteiger partial charge in [0.15, 0.2) is 0 Å². The second kappa shape index (κ2) is 5.10. The molecule has 0 amide bonds. The first-order valence-corrected chi connectivity index (χ1v) is 5.21. The lowest BCUT2D eigenvalue weighted by Crippen LogP contribution is -2.02. The Labute approximate surface area is 84.9 Å². The Morgan fingerprint density at radius 2 is 2.21 bits per heavy atom. The summed E-state index contributed by atoms with van der Waals surface area (Å²) in [6.07, 6.45) is 3.13. The third-order valence-corrected chi connectivity index (χ3v) is 2.05. The van der Waals surface area contributed by atoms with Crippen LogP contribution in [0.3, 0.4) is 0 Å². The van der Waals surface area contributed by atoms with E-state index in [1.807, 2.05) is 6.20 Å². The van der Waals surface area contributed by atoms with Crippen molar-refractivity contribution in [3.63, 3.8) is 0 Å². The molecule has 1 N–H and O–H groups in total. The molecule has 4 nitrogen and oxygen atoms in total. The minimum Gasteiger partial charge on any atom is -0.387 e. The molecule has 1 rings (SSSR count). The maximum atomic E-state index is 9.76. The SMILES string of the molecule is CCCn1cc(C(O)CC(C)C)nn1. The van der Waals surface area contributed by atoms with Gasteiger partial charge in [0, 0.05) is 6.54 Å². The van der Waals surface area contributed by atoms with Crippen molar-refractivity contribution in [1.82, 2.24) is 15.0 Å². The van der Waals surface area contributed by atoms with E-state index in [1.165, 1.54) is 0 Å². The topological polar surface area (TPSA) is 50.9 Å². The molecular formula is C10H19N3O. The van der Waals surface area contributed by atoms with Gasteiger partial charge < -0.3 is 5.11 Å². The molecule has 0 saturated heterocycles. The van der Waals surface area contributed by atoms with Crippen LogP contribution in [-0.4, -0.2) is 20.1 Å². The predicted octanol–water partition coefficient (Wildman–Crippen LogP) is 1.77. The molecule has 4 heteroatoms. The molecule has 1 unspecified atom stereocenters. The average Bonchev–Trinajstić information content (AvgIpc) is 2.52. The van der Waals surface area contributed by atoms with Gasteiger partial charge in [-0.25, -0.2) is 0 Å². The molecule has 1 aromatic rings. The Morgan fingerprint density at radius 1 is 1.50 bits per heavy atom. The highest BCUT2D eigenvalue weighted by Gasteiger charge is 2.13. The first-order chi connectivity index (χ1) is 6.63. The summed E-state index contributed by atoms with van der Waals surface area (Å²) in [5.41, 5.74) is 0.687. The fourth-order valence-electron chi connectivity index (χ4n) is 1.37. The highest BCUT2D eigenvalue weighted by molar-refractivity contribution is 4.97. The molecule has 0 fully saturated rings. The van der Waals surface area contributed by atoms with E-state index in [9.17, 15) is 5.11 Å². The van der Waals surface area contributed by atoms with Crippen molar-refractivity contribution in [3.8, 4) is 0 Å². The van der Waals surface area contributed by atoms with Crippen LogP contribution in [0.2, 0.25) is 0 Å². The van der Waals surface area contributed by atoms with Crippen LogP contribution in [-0.2, 0) is 6.54 Å². The fraction of sp³-hybridized carbons (Fsp3) is 0.800. The minimum atomic E-state index is -0.472. The molecule has 0 aliphatic heterocycles. The Balaban J connectivity index is 2.57. The third kappa shape index (κ3) is 3.10. The van der Waals surface area contributed by atoms with E-state index in [0.29, 0.717) is 11.6 Å². The average molecular weight is 197 g/mol. The molecule has 0 spiro atoms. The molecule has 0 radical (unpaired) electrons. The summed E-state index contributed by atoms with van der Waals surface area (Å²) in [5.74, 6) is 0.473. The Bertz CT molecular complexity index is 270. The third-order valence-electron chi connectivity index (χ3n) is 2.05. The maximum Gasteiger partial charge on any atom is 0.111 e. The Morgan fingerprint density at radius 3 is 2.79 bits per heavy atom. The van der Waals surface area contributed by atoms with E-state index in [4.69, 9.17) is 0 Å². The lowest BCUT2D eigenvalue weighted by Gasteiger charge is -2.08. The van der Waals surface area contributed by atoms with Gasteiger partial charge >= 0.3 is 0 Å². The van der Waals surface area contributed by atoms with Crippen molar-refractivity contribution in [1.29, 1.82) is 0 Å². The smallest absolute Gasteiger partial charge is 0.111 e. The van der Waals surface area contributed by atoms with Gasteiger partial charge in [-0.1, -0.05) is 26.0 Å². The molecule has 0 bridgehead atoms. The van der Waals surface area contributed by atoms with Gasteiger partial charge in [0.25, 0.3) is 0 Å². The Hall–Kier alpha value is -0.900. The van der Waals surface area contributed by atoms with Gasteiger partial charge in [-0.15, -0.1) is 5.10 Å². The second-order valence-electron chi connectivity index (χ2n) is 4.05. The standard InChI is InChI=1S/C10H19N3O/c1-4-5-13-7-9(11-12-13)10(14)6-8(2)3/h7-8,10,14H,4-6H2,1-3H3. The van der Waals surface area contributed by atoms with Crippen LogP contribution in [0.1, 0.15) is 45.4 Å². The number of rotatable bonds is 5. The van der Waals surface area contributed by atoms with Crippen LogP contribution in [0.15, 0.2) is 6.20 Å². The molecule has 1 aromatic heterocycles. The van der Waals surface area contributed by atoms with Crippen molar-refractivity contribution in [2.75, 3.05) is 0 Å². The van der Waals surface area contributed by atoms with Gasteiger partial charge in [-0.2, -0.15) is 0 Å². The molecular weight excluding hydrogens is 178 g/mol. The van der Waals surface area contributed by atoms with Crippen molar-refractivity contribution >= 4 is 0 Å². The first kappa shape index (κ1) is 11.2. The van der Waals surface area contributed by atoms with Gasteiger partial charge in [0.1, 0.15) is 5.69 Å². The predicted molar refractivity (Wildman–Crippen MR) is 54.7 cm³/mol. The summed E-state index contributed by atoms with van der Waals surface area (Å²) in [6, 6.07) is 0. The van der Waals surface area contributed by atoms with Gasteiger partial charge in [0.2, 0.25) is 0 Å². The minimum absolute atomic E-state index is 0.472. The summed E-state index contributed by atoms with van der Waals surface area (Å²) >= 11 is 0. The van der Waals surface area contributed by atoms with Gasteiger partial charge in [-0.05, 0) is 18.8 Å². The second-order valence-corrected chi connectivity index (χ2v) is 4.05. The molecule has 0 saturated carbocycles. The van der Waals surface area contributed by atoms with Crippen molar-refractivity contribution in [3.05, 3.63) is 11.9 Å². The summed E-state index contributed by atoms with van der Waals surface area (Å²) < 4.78 is 1.78. The zero-order valence-corrected chi connectivity index (χ0v) is 9.14. The van der Waals surface area contributed by atoms with E-state index in [0.717, 1.165) is 19.4 Å². The number of aromatic nitrogens is 3. The molecule has 0 aromatic carbocycles. The summed E-state index contributed by atoms with van der Waals surface area (Å²) in [5, 5.41) is 17.6. The van der Waals surface area contributed by atoms with Crippen LogP contribution in [0.5, 0.6) is 0 Å². The summed E-state index contributed by atoms with van der Waals surface area (Å²) in [6.45, 7) is 7.12. The van der Waals surface area contributed by atoms with E-state index in [2.05, 4.69) is 31.1 Å². The van der Waals surface area contributed by atoms with Gasteiger partial charge in [-0.3, -0.25) is 4.68 Å². The molecule has 0 aliphatic rings. The fourth-order valence-corrected chi connectivity index (χ4v) is 1.37. The van der Waals surface area contributed by atoms with Crippen LogP contribution >= 0.6 is 0 Å². The van der Waals surface area contributed by atoms with Crippen molar-refractivity contribution < 1.29 is 5.11 Å². The lowest BCUT2D eigenvalue weighted by atomic mass is 10.0.